The molecule has 1 aliphatic rings. The number of hydrogen-bond donors (Lipinski definition) is 4. The van der Waals surface area contributed by atoms with Crippen LogP contribution in [0.4, 0.5) is 19.0 Å². The molecule has 5 rings (SSSR count). The summed E-state index contributed by atoms with van der Waals surface area (Å²) in [7, 11) is 0. The van der Waals surface area contributed by atoms with Crippen molar-refractivity contribution in [2.45, 2.75) is 25.1 Å². The largest absolute Gasteiger partial charge is 0.493 e. The SMILES string of the molecule is O=C(Nc1cc(=NC2CC2)n2nc/c(=C/c3[nH]c(=O)[nH]c3O)c2n1)c1cccc(C(F)(F)F)c1. The molecular formula is C21H16F3N7O3. The van der Waals surface area contributed by atoms with Crippen molar-refractivity contribution in [2.75, 3.05) is 5.32 Å². The summed E-state index contributed by atoms with van der Waals surface area (Å²) in [5, 5.41) is 17.0. The first-order valence-corrected chi connectivity index (χ1v) is 10.1. The first-order valence-electron chi connectivity index (χ1n) is 10.1. The molecule has 10 nitrogen and oxygen atoms in total. The summed E-state index contributed by atoms with van der Waals surface area (Å²) in [4.78, 5) is 37.6. The molecule has 0 unspecified atom stereocenters. The molecule has 174 valence electrons. The third-order valence-electron chi connectivity index (χ3n) is 5.07. The number of anilines is 1. The molecule has 0 radical (unpaired) electrons. The Bertz CT molecular complexity index is 1600. The molecule has 0 spiro atoms. The van der Waals surface area contributed by atoms with Gasteiger partial charge in [-0.15, -0.1) is 0 Å². The maximum Gasteiger partial charge on any atom is 0.416 e. The van der Waals surface area contributed by atoms with Gasteiger partial charge in [0.1, 0.15) is 11.5 Å². The Kier molecular flexibility index (Phi) is 4.96. The zero-order valence-corrected chi connectivity index (χ0v) is 17.2. The Morgan fingerprint density at radius 3 is 2.74 bits per heavy atom. The van der Waals surface area contributed by atoms with Crippen LogP contribution in [0.25, 0.3) is 11.7 Å². The van der Waals surface area contributed by atoms with Crippen LogP contribution in [-0.2, 0) is 6.18 Å². The molecule has 1 amide bonds. The summed E-state index contributed by atoms with van der Waals surface area (Å²) in [6.45, 7) is 0. The molecule has 3 heterocycles. The number of benzene rings is 1. The molecule has 13 heteroatoms. The highest BCUT2D eigenvalue weighted by atomic mass is 19.4. The van der Waals surface area contributed by atoms with Crippen LogP contribution >= 0.6 is 0 Å². The number of nitrogens with one attached hydrogen (secondary N) is 3. The third-order valence-corrected chi connectivity index (χ3v) is 5.07. The predicted octanol–water partition coefficient (Wildman–Crippen LogP) is 1.33. The highest BCUT2D eigenvalue weighted by molar-refractivity contribution is 6.03. The van der Waals surface area contributed by atoms with E-state index in [1.165, 1.54) is 28.9 Å². The number of nitrogens with zero attached hydrogens (tertiary/aromatic N) is 4. The number of amides is 1. The molecule has 3 aromatic heterocycles. The van der Waals surface area contributed by atoms with Gasteiger partial charge in [0.15, 0.2) is 11.1 Å². The molecule has 1 aliphatic carbocycles. The predicted molar refractivity (Wildman–Crippen MR) is 113 cm³/mol. The summed E-state index contributed by atoms with van der Waals surface area (Å²) in [5.74, 6) is -1.10. The number of fused-ring (bicyclic) bond motifs is 1. The van der Waals surface area contributed by atoms with E-state index in [1.807, 2.05) is 0 Å². The number of H-pyrrole nitrogens is 2. The van der Waals surface area contributed by atoms with Crippen LogP contribution in [0.2, 0.25) is 0 Å². The van der Waals surface area contributed by atoms with Crippen LogP contribution in [0.15, 0.2) is 46.3 Å². The van der Waals surface area contributed by atoms with E-state index in [9.17, 15) is 27.9 Å². The normalized spacial score (nSPS) is 15.3. The second-order valence-electron chi connectivity index (χ2n) is 7.71. The topological polar surface area (TPSA) is 141 Å². The van der Waals surface area contributed by atoms with Crippen LogP contribution < -0.4 is 21.7 Å². The monoisotopic (exact) mass is 471 g/mol. The first kappa shape index (κ1) is 21.4. The quantitative estimate of drug-likeness (QED) is 0.356. The fourth-order valence-corrected chi connectivity index (χ4v) is 3.29. The summed E-state index contributed by atoms with van der Waals surface area (Å²) in [6, 6.07) is 5.62. The van der Waals surface area contributed by atoms with Gasteiger partial charge in [0.25, 0.3) is 5.91 Å². The van der Waals surface area contributed by atoms with Gasteiger partial charge in [0, 0.05) is 16.8 Å². The van der Waals surface area contributed by atoms with Gasteiger partial charge in [-0.2, -0.15) is 22.8 Å². The molecule has 0 atom stereocenters. The summed E-state index contributed by atoms with van der Waals surface area (Å²) in [6.07, 6.45) is 0.0824. The van der Waals surface area contributed by atoms with E-state index in [-0.39, 0.29) is 34.6 Å². The molecular weight excluding hydrogens is 455 g/mol. The maximum atomic E-state index is 13.0. The lowest BCUT2D eigenvalue weighted by molar-refractivity contribution is -0.137. The number of aromatic amines is 2. The van der Waals surface area contributed by atoms with Gasteiger partial charge in [-0.05, 0) is 37.1 Å². The first-order chi connectivity index (χ1) is 16.2. The minimum absolute atomic E-state index is 0.0521. The van der Waals surface area contributed by atoms with E-state index in [4.69, 9.17) is 0 Å². The van der Waals surface area contributed by atoms with E-state index >= 15 is 0 Å². The van der Waals surface area contributed by atoms with E-state index in [0.717, 1.165) is 31.0 Å². The highest BCUT2D eigenvalue weighted by Gasteiger charge is 2.31. The Morgan fingerprint density at radius 1 is 1.26 bits per heavy atom. The molecule has 1 saturated carbocycles. The molecule has 0 aliphatic heterocycles. The molecule has 1 fully saturated rings. The molecule has 34 heavy (non-hydrogen) atoms. The zero-order chi connectivity index (χ0) is 24.0. The number of alkyl halides is 3. The van der Waals surface area contributed by atoms with Crippen LogP contribution in [0.3, 0.4) is 0 Å². The average molecular weight is 471 g/mol. The Labute approximate surface area is 187 Å². The van der Waals surface area contributed by atoms with Crippen molar-refractivity contribution in [3.05, 3.63) is 74.5 Å². The minimum atomic E-state index is -4.59. The lowest BCUT2D eigenvalue weighted by Crippen LogP contribution is -2.22. The van der Waals surface area contributed by atoms with Crippen molar-refractivity contribution in [3.63, 3.8) is 0 Å². The number of carbonyl (C=O) groups excluding carboxylic acids is 1. The smallest absolute Gasteiger partial charge is 0.416 e. The van der Waals surface area contributed by atoms with Crippen molar-refractivity contribution in [3.8, 4) is 5.88 Å². The van der Waals surface area contributed by atoms with Gasteiger partial charge < -0.3 is 15.4 Å². The van der Waals surface area contributed by atoms with Crippen molar-refractivity contribution in [1.82, 2.24) is 24.6 Å². The van der Waals surface area contributed by atoms with Crippen molar-refractivity contribution >= 4 is 23.4 Å². The number of rotatable bonds is 4. The van der Waals surface area contributed by atoms with Gasteiger partial charge in [-0.3, -0.25) is 14.8 Å². The molecule has 4 aromatic rings. The number of halogens is 3. The standard InChI is InChI=1S/C21H16F3N7O3/c22-21(23,24)12-3-1-2-10(6-12)18(32)29-15-8-16(26-13-4-5-13)31-17(28-15)11(9-25-31)7-14-19(33)30-20(34)27-14/h1-3,6-9,13,33H,4-5H2,(H,29,32)(H2,27,30,34)/b11-7-,26-16?. The van der Waals surface area contributed by atoms with Gasteiger partial charge in [0.2, 0.25) is 5.88 Å². The maximum absolute atomic E-state index is 13.0. The van der Waals surface area contributed by atoms with E-state index in [1.54, 1.807) is 0 Å². The number of aromatic nitrogens is 5. The number of imidazole rings is 1. The molecule has 4 N–H and O–H groups in total. The van der Waals surface area contributed by atoms with E-state index in [2.05, 4.69) is 30.4 Å². The zero-order valence-electron chi connectivity index (χ0n) is 17.2. The van der Waals surface area contributed by atoms with E-state index in [0.29, 0.717) is 10.7 Å². The average Bonchev–Trinajstić information content (AvgIpc) is 3.42. The Hall–Kier alpha value is -4.42. The minimum Gasteiger partial charge on any atom is -0.493 e. The summed E-state index contributed by atoms with van der Waals surface area (Å²) < 4.78 is 40.5. The summed E-state index contributed by atoms with van der Waals surface area (Å²) in [5.41, 5.74) is -0.998. The van der Waals surface area contributed by atoms with Gasteiger partial charge in [0.05, 0.1) is 17.8 Å². The van der Waals surface area contributed by atoms with Crippen molar-refractivity contribution < 1.29 is 23.1 Å². The Balaban J connectivity index is 1.58. The number of carbonyl (C=O) groups is 1. The van der Waals surface area contributed by atoms with Gasteiger partial charge in [-0.25, -0.2) is 9.78 Å². The molecule has 0 bridgehead atoms. The van der Waals surface area contributed by atoms with Crippen LogP contribution in [0, 0.1) is 0 Å². The Morgan fingerprint density at radius 2 is 2.06 bits per heavy atom. The number of hydrogen-bond acceptors (Lipinski definition) is 6. The van der Waals surface area contributed by atoms with Gasteiger partial charge >= 0.3 is 11.9 Å². The van der Waals surface area contributed by atoms with E-state index < -0.39 is 23.3 Å². The molecule has 0 saturated heterocycles. The second kappa shape index (κ2) is 7.86. The third kappa shape index (κ3) is 4.27. The number of aromatic hydroxyl groups is 1. The van der Waals surface area contributed by atoms with Crippen molar-refractivity contribution in [1.29, 1.82) is 0 Å². The lowest BCUT2D eigenvalue weighted by Gasteiger charge is -2.09. The van der Waals surface area contributed by atoms with Gasteiger partial charge in [-0.1, -0.05) is 6.07 Å². The second-order valence-corrected chi connectivity index (χ2v) is 7.71. The fourth-order valence-electron chi connectivity index (χ4n) is 3.29. The summed E-state index contributed by atoms with van der Waals surface area (Å²) >= 11 is 0. The molecule has 1 aromatic carbocycles. The lowest BCUT2D eigenvalue weighted by atomic mass is 10.1. The van der Waals surface area contributed by atoms with Crippen LogP contribution in [0.5, 0.6) is 5.88 Å². The highest BCUT2D eigenvalue weighted by Crippen LogP contribution is 2.29. The fraction of sp³-hybridized carbons (Fsp3) is 0.190. The van der Waals surface area contributed by atoms with Crippen LogP contribution in [-0.4, -0.2) is 41.6 Å². The van der Waals surface area contributed by atoms with Crippen molar-refractivity contribution in [2.24, 2.45) is 4.99 Å². The van der Waals surface area contributed by atoms with Crippen LogP contribution in [0.1, 0.15) is 34.5 Å².